The fourth-order valence-corrected chi connectivity index (χ4v) is 0.979. The molecule has 1 rings (SSSR count). The molecule has 0 aromatic carbocycles. The van der Waals surface area contributed by atoms with Gasteiger partial charge in [-0.05, 0) is 26.2 Å². The van der Waals surface area contributed by atoms with Crippen LogP contribution in [0.25, 0.3) is 0 Å². The molecule has 0 radical (unpaired) electrons. The average molecular weight is 153 g/mol. The Morgan fingerprint density at radius 2 is 2.36 bits per heavy atom. The highest BCUT2D eigenvalue weighted by Gasteiger charge is 1.91. The summed E-state index contributed by atoms with van der Waals surface area (Å²) in [5.74, 6) is 0. The van der Waals surface area contributed by atoms with Crippen LogP contribution in [0.2, 0.25) is 0 Å². The number of nitrogens with one attached hydrogen (secondary N) is 1. The Morgan fingerprint density at radius 1 is 1.45 bits per heavy atom. The van der Waals surface area contributed by atoms with E-state index in [4.69, 9.17) is 4.84 Å². The van der Waals surface area contributed by atoms with Gasteiger partial charge in [0, 0.05) is 6.20 Å². The van der Waals surface area contributed by atoms with Crippen LogP contribution >= 0.6 is 0 Å². The topological polar surface area (TPSA) is 21.3 Å². The standard InChI is InChI=1S/C9H15NO/c1-9-5-3-2-4-7-10-11-8-6-9/h4-5,7,10H,2-3,6,8H2,1H3/b7-4+,9-5+. The molecule has 0 spiro atoms. The average Bonchev–Trinajstić information content (AvgIpc) is 2.03. The summed E-state index contributed by atoms with van der Waals surface area (Å²) in [5.41, 5.74) is 4.19. The lowest BCUT2D eigenvalue weighted by molar-refractivity contribution is 0.0734. The van der Waals surface area contributed by atoms with Gasteiger partial charge in [0.1, 0.15) is 0 Å². The van der Waals surface area contributed by atoms with E-state index >= 15 is 0 Å². The predicted molar refractivity (Wildman–Crippen MR) is 45.8 cm³/mol. The van der Waals surface area contributed by atoms with Crippen molar-refractivity contribution in [1.29, 1.82) is 0 Å². The molecule has 1 aliphatic rings. The van der Waals surface area contributed by atoms with Crippen LogP contribution in [0.5, 0.6) is 0 Å². The first kappa shape index (κ1) is 8.34. The molecular weight excluding hydrogens is 138 g/mol. The highest BCUT2D eigenvalue weighted by molar-refractivity contribution is 4.99. The van der Waals surface area contributed by atoms with Crippen molar-refractivity contribution in [1.82, 2.24) is 5.48 Å². The third kappa shape index (κ3) is 3.83. The summed E-state index contributed by atoms with van der Waals surface area (Å²) in [6, 6.07) is 0. The van der Waals surface area contributed by atoms with Crippen molar-refractivity contribution >= 4 is 0 Å². The van der Waals surface area contributed by atoms with Crippen LogP contribution in [0.3, 0.4) is 0 Å². The first-order chi connectivity index (χ1) is 5.39. The first-order valence-electron chi connectivity index (χ1n) is 4.07. The summed E-state index contributed by atoms with van der Waals surface area (Å²) in [5, 5.41) is 0. The Bertz CT molecular complexity index is 161. The van der Waals surface area contributed by atoms with Crippen LogP contribution in [0.1, 0.15) is 26.2 Å². The van der Waals surface area contributed by atoms with E-state index in [2.05, 4.69) is 24.6 Å². The van der Waals surface area contributed by atoms with Crippen molar-refractivity contribution in [2.24, 2.45) is 0 Å². The highest BCUT2D eigenvalue weighted by Crippen LogP contribution is 2.04. The molecule has 0 aromatic rings. The molecule has 0 saturated carbocycles. The van der Waals surface area contributed by atoms with E-state index in [9.17, 15) is 0 Å². The van der Waals surface area contributed by atoms with Gasteiger partial charge in [0.15, 0.2) is 0 Å². The fourth-order valence-electron chi connectivity index (χ4n) is 0.979. The van der Waals surface area contributed by atoms with Gasteiger partial charge in [0.25, 0.3) is 0 Å². The van der Waals surface area contributed by atoms with E-state index in [0.717, 1.165) is 25.9 Å². The third-order valence-electron chi connectivity index (χ3n) is 1.69. The zero-order chi connectivity index (χ0) is 7.94. The first-order valence-corrected chi connectivity index (χ1v) is 4.07. The van der Waals surface area contributed by atoms with Crippen molar-refractivity contribution in [3.05, 3.63) is 23.9 Å². The second-order valence-electron chi connectivity index (χ2n) is 2.75. The van der Waals surface area contributed by atoms with Crippen molar-refractivity contribution in [2.75, 3.05) is 6.61 Å². The monoisotopic (exact) mass is 153 g/mol. The maximum absolute atomic E-state index is 5.10. The Labute approximate surface area is 67.9 Å². The number of hydrogen-bond acceptors (Lipinski definition) is 2. The second kappa shape index (κ2) is 4.97. The van der Waals surface area contributed by atoms with Crippen molar-refractivity contribution < 1.29 is 4.84 Å². The van der Waals surface area contributed by atoms with Gasteiger partial charge in [-0.3, -0.25) is 10.3 Å². The van der Waals surface area contributed by atoms with Gasteiger partial charge in [-0.15, -0.1) is 0 Å². The lowest BCUT2D eigenvalue weighted by Crippen LogP contribution is -2.08. The van der Waals surface area contributed by atoms with Gasteiger partial charge >= 0.3 is 0 Å². The molecule has 0 aliphatic carbocycles. The number of allylic oxidation sites excluding steroid dienone is 2. The van der Waals surface area contributed by atoms with Crippen LogP contribution in [-0.2, 0) is 4.84 Å². The summed E-state index contributed by atoms with van der Waals surface area (Å²) in [4.78, 5) is 5.10. The van der Waals surface area contributed by atoms with Crippen LogP contribution in [0.15, 0.2) is 23.9 Å². The van der Waals surface area contributed by atoms with Crippen LogP contribution in [0.4, 0.5) is 0 Å². The van der Waals surface area contributed by atoms with E-state index < -0.39 is 0 Å². The molecule has 0 fully saturated rings. The van der Waals surface area contributed by atoms with E-state index in [1.165, 1.54) is 5.57 Å². The van der Waals surface area contributed by atoms with Crippen molar-refractivity contribution in [2.45, 2.75) is 26.2 Å². The molecule has 0 unspecified atom stereocenters. The lowest BCUT2D eigenvalue weighted by atomic mass is 10.1. The molecule has 62 valence electrons. The quantitative estimate of drug-likeness (QED) is 0.538. The zero-order valence-corrected chi connectivity index (χ0v) is 6.97. The summed E-state index contributed by atoms with van der Waals surface area (Å²) >= 11 is 0. The van der Waals surface area contributed by atoms with E-state index in [-0.39, 0.29) is 0 Å². The molecule has 2 nitrogen and oxygen atoms in total. The van der Waals surface area contributed by atoms with Gasteiger partial charge in [-0.2, -0.15) is 0 Å². The Kier molecular flexibility index (Phi) is 3.76. The molecule has 0 bridgehead atoms. The smallest absolute Gasteiger partial charge is 0.0782 e. The molecule has 0 aromatic heterocycles. The molecule has 1 N–H and O–H groups in total. The molecule has 1 aliphatic heterocycles. The van der Waals surface area contributed by atoms with E-state index in [0.29, 0.717) is 0 Å². The van der Waals surface area contributed by atoms with Crippen LogP contribution < -0.4 is 5.48 Å². The van der Waals surface area contributed by atoms with Crippen LogP contribution in [-0.4, -0.2) is 6.61 Å². The second-order valence-corrected chi connectivity index (χ2v) is 2.75. The third-order valence-corrected chi connectivity index (χ3v) is 1.69. The largest absolute Gasteiger partial charge is 0.276 e. The summed E-state index contributed by atoms with van der Waals surface area (Å²) in [7, 11) is 0. The minimum absolute atomic E-state index is 0.757. The summed E-state index contributed by atoms with van der Waals surface area (Å²) in [6.45, 7) is 2.90. The molecule has 0 atom stereocenters. The molecular formula is C9H15NO. The number of hydroxylamine groups is 1. The van der Waals surface area contributed by atoms with Gasteiger partial charge < -0.3 is 0 Å². The van der Waals surface area contributed by atoms with Crippen molar-refractivity contribution in [3.8, 4) is 0 Å². The molecule has 0 amide bonds. The Balaban J connectivity index is 2.36. The van der Waals surface area contributed by atoms with E-state index in [1.807, 2.05) is 6.20 Å². The molecule has 2 heteroatoms. The van der Waals surface area contributed by atoms with Gasteiger partial charge in [0.05, 0.1) is 6.61 Å². The zero-order valence-electron chi connectivity index (χ0n) is 6.97. The normalized spacial score (nSPS) is 27.9. The fraction of sp³-hybridized carbons (Fsp3) is 0.556. The summed E-state index contributed by atoms with van der Waals surface area (Å²) < 4.78 is 0. The Morgan fingerprint density at radius 3 is 3.27 bits per heavy atom. The maximum Gasteiger partial charge on any atom is 0.0782 e. The van der Waals surface area contributed by atoms with Crippen LogP contribution in [0, 0.1) is 0 Å². The minimum Gasteiger partial charge on any atom is -0.276 e. The molecule has 1 heterocycles. The molecule has 11 heavy (non-hydrogen) atoms. The molecule has 0 saturated heterocycles. The lowest BCUT2D eigenvalue weighted by Gasteiger charge is -2.04. The Hall–Kier alpha value is -0.760. The SMILES string of the molecule is C/C1=C\CC/C=C/NOCC1. The minimum atomic E-state index is 0.757. The van der Waals surface area contributed by atoms with Gasteiger partial charge in [-0.25, -0.2) is 0 Å². The van der Waals surface area contributed by atoms with Gasteiger partial charge in [-0.1, -0.05) is 17.7 Å². The predicted octanol–water partition coefficient (Wildman–Crippen LogP) is 2.15. The maximum atomic E-state index is 5.10. The van der Waals surface area contributed by atoms with Gasteiger partial charge in [0.2, 0.25) is 0 Å². The number of hydrogen-bond donors (Lipinski definition) is 1. The van der Waals surface area contributed by atoms with Crippen molar-refractivity contribution in [3.63, 3.8) is 0 Å². The van der Waals surface area contributed by atoms with E-state index in [1.54, 1.807) is 0 Å². The number of rotatable bonds is 0. The highest BCUT2D eigenvalue weighted by atomic mass is 16.6. The summed E-state index contributed by atoms with van der Waals surface area (Å²) in [6.07, 6.45) is 9.47.